The Balaban J connectivity index is 1.65. The molecular formula is C21H31N3O4. The minimum absolute atomic E-state index is 0.159. The summed E-state index contributed by atoms with van der Waals surface area (Å²) in [4.78, 5) is 28.7. The SMILES string of the molecule is CC(C)(C)OC(=O)N1CCN(C(=O)OCc2ccccc2)CC2(CC2CN)C1. The molecule has 7 nitrogen and oxygen atoms in total. The molecule has 1 aliphatic carbocycles. The number of carbonyl (C=O) groups excluding carboxylic acids is 2. The maximum absolute atomic E-state index is 12.7. The first-order valence-electron chi connectivity index (χ1n) is 9.86. The van der Waals surface area contributed by atoms with Gasteiger partial charge in [-0.15, -0.1) is 0 Å². The van der Waals surface area contributed by atoms with Crippen molar-refractivity contribution in [1.82, 2.24) is 9.80 Å². The van der Waals surface area contributed by atoms with Crippen LogP contribution >= 0.6 is 0 Å². The number of ether oxygens (including phenoxy) is 2. The fourth-order valence-corrected chi connectivity index (χ4v) is 3.81. The molecule has 0 bridgehead atoms. The van der Waals surface area contributed by atoms with Crippen LogP contribution < -0.4 is 5.73 Å². The van der Waals surface area contributed by atoms with E-state index in [1.807, 2.05) is 51.1 Å². The molecule has 1 heterocycles. The minimum atomic E-state index is -0.554. The van der Waals surface area contributed by atoms with E-state index in [1.165, 1.54) is 0 Å². The zero-order valence-corrected chi connectivity index (χ0v) is 17.0. The van der Waals surface area contributed by atoms with Gasteiger partial charge in [0.05, 0.1) is 0 Å². The van der Waals surface area contributed by atoms with Crippen LogP contribution in [0.4, 0.5) is 9.59 Å². The van der Waals surface area contributed by atoms with Crippen LogP contribution in [0.2, 0.25) is 0 Å². The number of hydrogen-bond acceptors (Lipinski definition) is 5. The van der Waals surface area contributed by atoms with Gasteiger partial charge in [0.25, 0.3) is 0 Å². The predicted molar refractivity (Wildman–Crippen MR) is 106 cm³/mol. The molecule has 2 amide bonds. The summed E-state index contributed by atoms with van der Waals surface area (Å²) in [5.41, 5.74) is 6.13. The van der Waals surface area contributed by atoms with Gasteiger partial charge in [0.15, 0.2) is 0 Å². The first-order chi connectivity index (χ1) is 13.2. The van der Waals surface area contributed by atoms with Gasteiger partial charge in [0, 0.05) is 31.6 Å². The molecule has 0 aromatic heterocycles. The van der Waals surface area contributed by atoms with Gasteiger partial charge >= 0.3 is 12.2 Å². The van der Waals surface area contributed by atoms with Crippen LogP contribution in [-0.4, -0.2) is 60.3 Å². The minimum Gasteiger partial charge on any atom is -0.445 e. The summed E-state index contributed by atoms with van der Waals surface area (Å²) >= 11 is 0. The van der Waals surface area contributed by atoms with Gasteiger partial charge in [-0.05, 0) is 45.2 Å². The molecule has 3 rings (SSSR count). The van der Waals surface area contributed by atoms with Gasteiger partial charge in [-0.1, -0.05) is 30.3 Å². The molecule has 28 heavy (non-hydrogen) atoms. The Hall–Kier alpha value is -2.28. The summed E-state index contributed by atoms with van der Waals surface area (Å²) in [6.07, 6.45) is 0.219. The largest absolute Gasteiger partial charge is 0.445 e. The average molecular weight is 389 g/mol. The molecule has 1 saturated heterocycles. The normalized spacial score (nSPS) is 24.6. The third-order valence-electron chi connectivity index (χ3n) is 5.41. The lowest BCUT2D eigenvalue weighted by Crippen LogP contribution is -2.41. The second-order valence-electron chi connectivity index (χ2n) is 8.86. The molecule has 2 aliphatic rings. The second-order valence-corrected chi connectivity index (χ2v) is 8.86. The third-order valence-corrected chi connectivity index (χ3v) is 5.41. The Morgan fingerprint density at radius 2 is 1.71 bits per heavy atom. The van der Waals surface area contributed by atoms with E-state index >= 15 is 0 Å². The summed E-state index contributed by atoms with van der Waals surface area (Å²) in [7, 11) is 0. The summed E-state index contributed by atoms with van der Waals surface area (Å²) in [6, 6.07) is 9.60. The van der Waals surface area contributed by atoms with E-state index in [0.29, 0.717) is 38.6 Å². The first-order valence-corrected chi connectivity index (χ1v) is 9.86. The zero-order chi connectivity index (χ0) is 20.4. The second kappa shape index (κ2) is 7.99. The lowest BCUT2D eigenvalue weighted by Gasteiger charge is -2.28. The van der Waals surface area contributed by atoms with Crippen LogP contribution in [0.15, 0.2) is 30.3 Å². The molecule has 1 aromatic carbocycles. The Morgan fingerprint density at radius 1 is 1.11 bits per heavy atom. The Kier molecular flexibility index (Phi) is 5.84. The van der Waals surface area contributed by atoms with Crippen molar-refractivity contribution in [2.45, 2.75) is 39.4 Å². The summed E-state index contributed by atoms with van der Waals surface area (Å²) in [5.74, 6) is 0.306. The van der Waals surface area contributed by atoms with Crippen LogP contribution in [0.25, 0.3) is 0 Å². The molecule has 7 heteroatoms. The number of hydrogen-bond donors (Lipinski definition) is 1. The molecular weight excluding hydrogens is 358 g/mol. The Bertz CT molecular complexity index is 703. The number of benzene rings is 1. The molecule has 1 aliphatic heterocycles. The fraction of sp³-hybridized carbons (Fsp3) is 0.619. The zero-order valence-electron chi connectivity index (χ0n) is 17.0. The number of rotatable bonds is 3. The Morgan fingerprint density at radius 3 is 2.25 bits per heavy atom. The van der Waals surface area contributed by atoms with E-state index in [4.69, 9.17) is 15.2 Å². The lowest BCUT2D eigenvalue weighted by atomic mass is 10.0. The van der Waals surface area contributed by atoms with Crippen LogP contribution in [-0.2, 0) is 16.1 Å². The molecule has 1 saturated carbocycles. The maximum Gasteiger partial charge on any atom is 0.410 e. The van der Waals surface area contributed by atoms with Gasteiger partial charge in [-0.25, -0.2) is 9.59 Å². The fourth-order valence-electron chi connectivity index (χ4n) is 3.81. The number of carbonyl (C=O) groups is 2. The highest BCUT2D eigenvalue weighted by Gasteiger charge is 2.57. The molecule has 2 fully saturated rings. The van der Waals surface area contributed by atoms with Crippen LogP contribution in [0.1, 0.15) is 32.8 Å². The maximum atomic E-state index is 12.7. The molecule has 154 valence electrons. The van der Waals surface area contributed by atoms with Gasteiger partial charge in [0.1, 0.15) is 12.2 Å². The van der Waals surface area contributed by atoms with Crippen LogP contribution in [0.5, 0.6) is 0 Å². The Labute approximate surface area is 166 Å². The van der Waals surface area contributed by atoms with Crippen molar-refractivity contribution in [3.05, 3.63) is 35.9 Å². The smallest absolute Gasteiger partial charge is 0.410 e. The number of amides is 2. The predicted octanol–water partition coefficient (Wildman–Crippen LogP) is 2.84. The molecule has 1 spiro atoms. The highest BCUT2D eigenvalue weighted by Crippen LogP contribution is 2.53. The van der Waals surface area contributed by atoms with Gasteiger partial charge in [-0.3, -0.25) is 0 Å². The number of nitrogens with two attached hydrogens (primary N) is 1. The van der Waals surface area contributed by atoms with Crippen molar-refractivity contribution in [1.29, 1.82) is 0 Å². The van der Waals surface area contributed by atoms with Crippen molar-refractivity contribution in [2.75, 3.05) is 32.7 Å². The molecule has 0 radical (unpaired) electrons. The molecule has 2 atom stereocenters. The van der Waals surface area contributed by atoms with Crippen molar-refractivity contribution in [2.24, 2.45) is 17.1 Å². The van der Waals surface area contributed by atoms with E-state index in [2.05, 4.69) is 0 Å². The molecule has 2 N–H and O–H groups in total. The lowest BCUT2D eigenvalue weighted by molar-refractivity contribution is 0.0228. The third kappa shape index (κ3) is 4.95. The summed E-state index contributed by atoms with van der Waals surface area (Å²) < 4.78 is 11.1. The first kappa shape index (κ1) is 20.5. The van der Waals surface area contributed by atoms with Gasteiger partial charge < -0.3 is 25.0 Å². The van der Waals surface area contributed by atoms with Crippen molar-refractivity contribution < 1.29 is 19.1 Å². The monoisotopic (exact) mass is 389 g/mol. The van der Waals surface area contributed by atoms with Crippen molar-refractivity contribution in [3.63, 3.8) is 0 Å². The highest BCUT2D eigenvalue weighted by molar-refractivity contribution is 5.70. The van der Waals surface area contributed by atoms with E-state index in [1.54, 1.807) is 9.80 Å². The quantitative estimate of drug-likeness (QED) is 0.859. The molecule has 2 unspecified atom stereocenters. The molecule has 1 aromatic rings. The van der Waals surface area contributed by atoms with Crippen molar-refractivity contribution >= 4 is 12.2 Å². The average Bonchev–Trinajstić information content (AvgIpc) is 3.38. The van der Waals surface area contributed by atoms with Crippen LogP contribution in [0.3, 0.4) is 0 Å². The highest BCUT2D eigenvalue weighted by atomic mass is 16.6. The van der Waals surface area contributed by atoms with E-state index in [0.717, 1.165) is 12.0 Å². The summed E-state index contributed by atoms with van der Waals surface area (Å²) in [6.45, 7) is 8.31. The topological polar surface area (TPSA) is 85.1 Å². The summed E-state index contributed by atoms with van der Waals surface area (Å²) in [5, 5.41) is 0. The van der Waals surface area contributed by atoms with E-state index in [-0.39, 0.29) is 24.2 Å². The van der Waals surface area contributed by atoms with Crippen LogP contribution in [0, 0.1) is 11.3 Å². The van der Waals surface area contributed by atoms with E-state index in [9.17, 15) is 9.59 Å². The van der Waals surface area contributed by atoms with E-state index < -0.39 is 5.60 Å². The number of nitrogens with zero attached hydrogens (tertiary/aromatic N) is 2. The van der Waals surface area contributed by atoms with Crippen molar-refractivity contribution in [3.8, 4) is 0 Å². The van der Waals surface area contributed by atoms with Gasteiger partial charge in [-0.2, -0.15) is 0 Å². The standard InChI is InChI=1S/C21H31N3O4/c1-20(2,3)28-19(26)24-10-9-23(14-21(15-24)11-17(21)12-22)18(25)27-13-16-7-5-4-6-8-16/h4-8,17H,9-15,22H2,1-3H3. The van der Waals surface area contributed by atoms with Gasteiger partial charge in [0.2, 0.25) is 0 Å².